The third-order valence-corrected chi connectivity index (χ3v) is 4.48. The van der Waals surface area contributed by atoms with Crippen molar-refractivity contribution in [3.63, 3.8) is 0 Å². The van der Waals surface area contributed by atoms with E-state index in [4.69, 9.17) is 0 Å². The lowest BCUT2D eigenvalue weighted by atomic mass is 9.77. The van der Waals surface area contributed by atoms with Crippen LogP contribution in [0.1, 0.15) is 31.7 Å². The second-order valence-corrected chi connectivity index (χ2v) is 5.63. The van der Waals surface area contributed by atoms with Crippen LogP contribution in [0.5, 0.6) is 0 Å². The average Bonchev–Trinajstić information content (AvgIpc) is 2.49. The fraction of sp³-hybridized carbons (Fsp3) is 0.529. The van der Waals surface area contributed by atoms with Crippen molar-refractivity contribution in [2.45, 2.75) is 26.2 Å². The van der Waals surface area contributed by atoms with E-state index in [-0.39, 0.29) is 5.41 Å². The number of aliphatic hydroxyl groups is 1. The third-order valence-electron chi connectivity index (χ3n) is 4.48. The van der Waals surface area contributed by atoms with Crippen LogP contribution in [-0.4, -0.2) is 36.2 Å². The maximum atomic E-state index is 9.52. The zero-order valence-corrected chi connectivity index (χ0v) is 11.9. The predicted octanol–water partition coefficient (Wildman–Crippen LogP) is 3.18. The van der Waals surface area contributed by atoms with Crippen molar-refractivity contribution < 1.29 is 5.11 Å². The van der Waals surface area contributed by atoms with Crippen molar-refractivity contribution in [1.29, 1.82) is 0 Å². The van der Waals surface area contributed by atoms with Crippen LogP contribution in [0.4, 0.5) is 0 Å². The van der Waals surface area contributed by atoms with Crippen molar-refractivity contribution in [3.8, 4) is 0 Å². The van der Waals surface area contributed by atoms with E-state index < -0.39 is 0 Å². The number of rotatable bonds is 5. The van der Waals surface area contributed by atoms with Crippen LogP contribution in [0.2, 0.25) is 0 Å². The van der Waals surface area contributed by atoms with E-state index in [9.17, 15) is 5.11 Å². The summed E-state index contributed by atoms with van der Waals surface area (Å²) in [6.45, 7) is 5.76. The summed E-state index contributed by atoms with van der Waals surface area (Å²) in [6.07, 6.45) is 7.77. The molecule has 0 bridgehead atoms. The van der Waals surface area contributed by atoms with Gasteiger partial charge in [-0.2, -0.15) is 0 Å². The van der Waals surface area contributed by atoms with Crippen molar-refractivity contribution in [2.24, 2.45) is 5.41 Å². The lowest BCUT2D eigenvalue weighted by molar-refractivity contribution is 0.0451. The van der Waals surface area contributed by atoms with Gasteiger partial charge in [-0.05, 0) is 43.3 Å². The minimum atomic E-state index is 0.194. The standard InChI is InChI=1S/C17H25NO/c1-2-17(15-19)10-13-18(14-11-17)12-6-9-16-7-4-3-5-8-16/h3-9,19H,2,10-15H2,1H3/b9-6+. The summed E-state index contributed by atoms with van der Waals surface area (Å²) in [5.41, 5.74) is 1.46. The molecule has 2 heteroatoms. The van der Waals surface area contributed by atoms with Crippen LogP contribution >= 0.6 is 0 Å². The zero-order valence-electron chi connectivity index (χ0n) is 11.9. The van der Waals surface area contributed by atoms with E-state index in [1.807, 2.05) is 6.07 Å². The molecule has 2 rings (SSSR count). The highest BCUT2D eigenvalue weighted by Gasteiger charge is 2.31. The largest absolute Gasteiger partial charge is 0.396 e. The number of likely N-dealkylation sites (tertiary alicyclic amines) is 1. The van der Waals surface area contributed by atoms with Crippen LogP contribution in [0.3, 0.4) is 0 Å². The quantitative estimate of drug-likeness (QED) is 0.878. The molecule has 1 heterocycles. The molecular formula is C17H25NO. The maximum Gasteiger partial charge on any atom is 0.0488 e. The second kappa shape index (κ2) is 6.88. The van der Waals surface area contributed by atoms with Gasteiger partial charge in [0.2, 0.25) is 0 Å². The Morgan fingerprint density at radius 1 is 1.21 bits per heavy atom. The fourth-order valence-electron chi connectivity index (χ4n) is 2.74. The lowest BCUT2D eigenvalue weighted by Crippen LogP contribution is -2.41. The molecule has 1 aromatic carbocycles. The first-order chi connectivity index (χ1) is 9.28. The summed E-state index contributed by atoms with van der Waals surface area (Å²) < 4.78 is 0. The second-order valence-electron chi connectivity index (χ2n) is 5.63. The molecule has 1 fully saturated rings. The van der Waals surface area contributed by atoms with Gasteiger partial charge in [0.25, 0.3) is 0 Å². The van der Waals surface area contributed by atoms with Crippen molar-refractivity contribution in [1.82, 2.24) is 4.90 Å². The fourth-order valence-corrected chi connectivity index (χ4v) is 2.74. The first-order valence-corrected chi connectivity index (χ1v) is 7.33. The summed E-state index contributed by atoms with van der Waals surface area (Å²) >= 11 is 0. The minimum Gasteiger partial charge on any atom is -0.396 e. The normalized spacial score (nSPS) is 19.9. The van der Waals surface area contributed by atoms with Crippen molar-refractivity contribution in [2.75, 3.05) is 26.2 Å². The number of piperidine rings is 1. The summed E-state index contributed by atoms with van der Waals surface area (Å²) in [7, 11) is 0. The Labute approximate surface area is 116 Å². The molecule has 2 nitrogen and oxygen atoms in total. The molecule has 1 aromatic rings. The molecule has 0 unspecified atom stereocenters. The highest BCUT2D eigenvalue weighted by Crippen LogP contribution is 2.33. The SMILES string of the molecule is CCC1(CO)CCN(C/C=C/c2ccccc2)CC1. The molecule has 0 saturated carbocycles. The number of hydrogen-bond donors (Lipinski definition) is 1. The van der Waals surface area contributed by atoms with Gasteiger partial charge in [0.05, 0.1) is 0 Å². The summed E-state index contributed by atoms with van der Waals surface area (Å²) in [5.74, 6) is 0. The first kappa shape index (κ1) is 14.3. The maximum absolute atomic E-state index is 9.52. The van der Waals surface area contributed by atoms with Gasteiger partial charge in [0.1, 0.15) is 0 Å². The highest BCUT2D eigenvalue weighted by atomic mass is 16.3. The van der Waals surface area contributed by atoms with E-state index in [1.165, 1.54) is 5.56 Å². The zero-order chi connectivity index (χ0) is 13.6. The molecule has 1 N–H and O–H groups in total. The number of aliphatic hydroxyl groups excluding tert-OH is 1. The van der Waals surface area contributed by atoms with Gasteiger partial charge >= 0.3 is 0 Å². The number of hydrogen-bond acceptors (Lipinski definition) is 2. The topological polar surface area (TPSA) is 23.5 Å². The Hall–Kier alpha value is -1.12. The van der Waals surface area contributed by atoms with E-state index in [1.54, 1.807) is 0 Å². The van der Waals surface area contributed by atoms with Gasteiger partial charge in [0, 0.05) is 13.2 Å². The van der Waals surface area contributed by atoms with Crippen LogP contribution in [-0.2, 0) is 0 Å². The molecule has 19 heavy (non-hydrogen) atoms. The third kappa shape index (κ3) is 3.92. The molecule has 0 amide bonds. The van der Waals surface area contributed by atoms with Gasteiger partial charge in [-0.1, -0.05) is 49.4 Å². The Morgan fingerprint density at radius 2 is 1.89 bits per heavy atom. The Balaban J connectivity index is 1.79. The van der Waals surface area contributed by atoms with E-state index in [2.05, 4.69) is 48.2 Å². The van der Waals surface area contributed by atoms with Crippen molar-refractivity contribution >= 4 is 6.08 Å². The van der Waals surface area contributed by atoms with E-state index in [0.29, 0.717) is 6.61 Å². The number of nitrogens with zero attached hydrogens (tertiary/aromatic N) is 1. The van der Waals surface area contributed by atoms with Gasteiger partial charge < -0.3 is 5.11 Å². The molecular weight excluding hydrogens is 234 g/mol. The lowest BCUT2D eigenvalue weighted by Gasteiger charge is -2.39. The molecule has 104 valence electrons. The van der Waals surface area contributed by atoms with Crippen LogP contribution in [0.15, 0.2) is 36.4 Å². The van der Waals surface area contributed by atoms with Crippen LogP contribution < -0.4 is 0 Å². The molecule has 0 aromatic heterocycles. The van der Waals surface area contributed by atoms with E-state index >= 15 is 0 Å². The molecule has 1 saturated heterocycles. The molecule has 1 aliphatic heterocycles. The Morgan fingerprint density at radius 3 is 2.47 bits per heavy atom. The molecule has 0 spiro atoms. The minimum absolute atomic E-state index is 0.194. The Bertz CT molecular complexity index is 385. The first-order valence-electron chi connectivity index (χ1n) is 7.33. The van der Waals surface area contributed by atoms with Crippen LogP contribution in [0, 0.1) is 5.41 Å². The van der Waals surface area contributed by atoms with Gasteiger partial charge in [-0.15, -0.1) is 0 Å². The monoisotopic (exact) mass is 259 g/mol. The van der Waals surface area contributed by atoms with E-state index in [0.717, 1.165) is 38.9 Å². The average molecular weight is 259 g/mol. The highest BCUT2D eigenvalue weighted by molar-refractivity contribution is 5.48. The van der Waals surface area contributed by atoms with Gasteiger partial charge in [0.15, 0.2) is 0 Å². The van der Waals surface area contributed by atoms with Crippen LogP contribution in [0.25, 0.3) is 6.08 Å². The Kier molecular flexibility index (Phi) is 5.17. The molecule has 1 aliphatic rings. The summed E-state index contributed by atoms with van der Waals surface area (Å²) in [5, 5.41) is 9.52. The molecule has 0 aliphatic carbocycles. The molecule has 0 atom stereocenters. The smallest absolute Gasteiger partial charge is 0.0488 e. The van der Waals surface area contributed by atoms with Gasteiger partial charge in [-0.25, -0.2) is 0 Å². The predicted molar refractivity (Wildman–Crippen MR) is 81.0 cm³/mol. The summed E-state index contributed by atoms with van der Waals surface area (Å²) in [6, 6.07) is 10.4. The molecule has 0 radical (unpaired) electrons. The summed E-state index contributed by atoms with van der Waals surface area (Å²) in [4.78, 5) is 2.48. The van der Waals surface area contributed by atoms with Gasteiger partial charge in [-0.3, -0.25) is 4.90 Å². The van der Waals surface area contributed by atoms with Crippen molar-refractivity contribution in [3.05, 3.63) is 42.0 Å². The number of benzene rings is 1.